The lowest BCUT2D eigenvalue weighted by atomic mass is 10.2. The number of hydrogen-bond donors (Lipinski definition) is 2. The van der Waals surface area contributed by atoms with Crippen molar-refractivity contribution in [3.63, 3.8) is 0 Å². The maximum Gasteiger partial charge on any atom is 0.282 e. The molecule has 0 saturated carbocycles. The molecule has 3 heterocycles. The van der Waals surface area contributed by atoms with E-state index in [4.69, 9.17) is 0 Å². The van der Waals surface area contributed by atoms with Gasteiger partial charge in [0.15, 0.2) is 5.65 Å². The predicted octanol–water partition coefficient (Wildman–Crippen LogP) is 0.413. The number of nitrogens with zero attached hydrogens (tertiary/aromatic N) is 3. The Morgan fingerprint density at radius 1 is 1.33 bits per heavy atom. The van der Waals surface area contributed by atoms with Gasteiger partial charge in [0.05, 0.1) is 11.3 Å². The van der Waals surface area contributed by atoms with Gasteiger partial charge in [-0.3, -0.25) is 15.0 Å². The Balaban J connectivity index is 2.38. The molecule has 74 valence electrons. The maximum atomic E-state index is 11.9. The molecule has 0 radical (unpaired) electrons. The lowest BCUT2D eigenvalue weighted by molar-refractivity contribution is 0.899. The minimum absolute atomic E-state index is 0.144. The van der Waals surface area contributed by atoms with Gasteiger partial charge >= 0.3 is 0 Å². The number of H-pyrrole nitrogens is 2. The summed E-state index contributed by atoms with van der Waals surface area (Å²) in [4.78, 5) is 16.1. The van der Waals surface area contributed by atoms with Crippen LogP contribution in [0.2, 0.25) is 0 Å². The third kappa shape index (κ3) is 1.08. The van der Waals surface area contributed by atoms with E-state index in [0.717, 1.165) is 0 Å². The summed E-state index contributed by atoms with van der Waals surface area (Å²) in [6.45, 7) is 0. The van der Waals surface area contributed by atoms with Crippen LogP contribution in [0.4, 0.5) is 0 Å². The third-order valence-electron chi connectivity index (χ3n) is 2.22. The van der Waals surface area contributed by atoms with Crippen molar-refractivity contribution in [2.45, 2.75) is 0 Å². The van der Waals surface area contributed by atoms with E-state index in [1.54, 1.807) is 30.7 Å². The fourth-order valence-corrected chi connectivity index (χ4v) is 1.49. The van der Waals surface area contributed by atoms with Crippen molar-refractivity contribution < 1.29 is 0 Å². The van der Waals surface area contributed by atoms with Gasteiger partial charge in [-0.05, 0) is 6.07 Å². The fraction of sp³-hybridized carbons (Fsp3) is 0. The Labute approximate surface area is 83.6 Å². The minimum Gasteiger partial charge on any atom is -0.297 e. The Hall–Kier alpha value is -2.37. The van der Waals surface area contributed by atoms with Crippen molar-refractivity contribution >= 4 is 5.65 Å². The summed E-state index contributed by atoms with van der Waals surface area (Å²) in [5.41, 5.74) is 1.61. The van der Waals surface area contributed by atoms with Crippen LogP contribution in [0.1, 0.15) is 0 Å². The average Bonchev–Trinajstić information content (AvgIpc) is 2.87. The van der Waals surface area contributed by atoms with Crippen LogP contribution in [-0.4, -0.2) is 24.8 Å². The molecule has 0 aliphatic carbocycles. The van der Waals surface area contributed by atoms with E-state index < -0.39 is 0 Å². The van der Waals surface area contributed by atoms with E-state index in [-0.39, 0.29) is 5.56 Å². The molecule has 0 aliphatic heterocycles. The van der Waals surface area contributed by atoms with Gasteiger partial charge in [-0.15, -0.1) is 0 Å². The van der Waals surface area contributed by atoms with Crippen LogP contribution in [0, 0.1) is 0 Å². The molecule has 0 saturated heterocycles. The van der Waals surface area contributed by atoms with Gasteiger partial charge < -0.3 is 0 Å². The average molecular weight is 201 g/mol. The summed E-state index contributed by atoms with van der Waals surface area (Å²) in [5, 5.41) is 9.33. The summed E-state index contributed by atoms with van der Waals surface area (Å²) in [6, 6.07) is 3.46. The summed E-state index contributed by atoms with van der Waals surface area (Å²) in [5.74, 6) is 0. The van der Waals surface area contributed by atoms with Crippen molar-refractivity contribution in [3.8, 4) is 11.3 Å². The maximum absolute atomic E-state index is 11.9. The molecule has 6 heteroatoms. The summed E-state index contributed by atoms with van der Waals surface area (Å²) >= 11 is 0. The first kappa shape index (κ1) is 7.98. The number of nitrogens with one attached hydrogen (secondary N) is 2. The molecule has 6 nitrogen and oxygen atoms in total. The summed E-state index contributed by atoms with van der Waals surface area (Å²) < 4.78 is 1.39. The van der Waals surface area contributed by atoms with Crippen molar-refractivity contribution in [1.29, 1.82) is 0 Å². The van der Waals surface area contributed by atoms with Crippen LogP contribution in [0.3, 0.4) is 0 Å². The van der Waals surface area contributed by atoms with E-state index in [1.165, 1.54) is 4.52 Å². The highest BCUT2D eigenvalue weighted by atomic mass is 16.1. The van der Waals surface area contributed by atoms with Crippen LogP contribution in [-0.2, 0) is 0 Å². The summed E-state index contributed by atoms with van der Waals surface area (Å²) in [7, 11) is 0. The number of fused-ring (bicyclic) bond motifs is 1. The molecule has 0 bridgehead atoms. The van der Waals surface area contributed by atoms with Crippen LogP contribution in [0.5, 0.6) is 0 Å². The number of aromatic nitrogens is 5. The van der Waals surface area contributed by atoms with Crippen molar-refractivity contribution in [2.75, 3.05) is 0 Å². The largest absolute Gasteiger partial charge is 0.297 e. The smallest absolute Gasteiger partial charge is 0.282 e. The van der Waals surface area contributed by atoms with Crippen LogP contribution < -0.4 is 5.56 Å². The highest BCUT2D eigenvalue weighted by Gasteiger charge is 2.07. The number of rotatable bonds is 1. The van der Waals surface area contributed by atoms with Crippen molar-refractivity contribution in [3.05, 3.63) is 41.1 Å². The van der Waals surface area contributed by atoms with Gasteiger partial charge in [0.2, 0.25) is 0 Å². The second-order valence-electron chi connectivity index (χ2n) is 3.10. The molecule has 0 aromatic carbocycles. The monoisotopic (exact) mass is 201 g/mol. The molecule has 3 aromatic heterocycles. The van der Waals surface area contributed by atoms with E-state index in [2.05, 4.69) is 20.3 Å². The van der Waals surface area contributed by atoms with Crippen LogP contribution in [0.25, 0.3) is 16.9 Å². The Morgan fingerprint density at radius 3 is 3.07 bits per heavy atom. The molecule has 0 aliphatic rings. The Kier molecular flexibility index (Phi) is 1.49. The second-order valence-corrected chi connectivity index (χ2v) is 3.10. The molecule has 0 amide bonds. The molecule has 15 heavy (non-hydrogen) atoms. The van der Waals surface area contributed by atoms with Crippen molar-refractivity contribution in [1.82, 2.24) is 24.8 Å². The fourth-order valence-electron chi connectivity index (χ4n) is 1.49. The zero-order chi connectivity index (χ0) is 10.3. The second kappa shape index (κ2) is 2.81. The first-order chi connectivity index (χ1) is 7.36. The molecule has 0 atom stereocenters. The lowest BCUT2D eigenvalue weighted by Gasteiger charge is -1.97. The number of hydrogen-bond acceptors (Lipinski definition) is 3. The van der Waals surface area contributed by atoms with E-state index in [9.17, 15) is 4.79 Å². The molecule has 0 unspecified atom stereocenters. The molecule has 3 aromatic rings. The standard InChI is InChI=1S/C9H7N5O/c15-9-6(7-1-3-11-13-7)5-10-8-2-4-12-14(8)9/h1-5,12H,(H,11,13). The molecular formula is C9H7N5O. The van der Waals surface area contributed by atoms with Gasteiger partial charge in [-0.2, -0.15) is 5.10 Å². The van der Waals surface area contributed by atoms with Crippen LogP contribution in [0.15, 0.2) is 35.5 Å². The molecule has 3 rings (SSSR count). The lowest BCUT2D eigenvalue weighted by Crippen LogP contribution is -2.16. The molecule has 0 fully saturated rings. The normalized spacial score (nSPS) is 10.9. The Bertz CT molecular complexity index is 649. The van der Waals surface area contributed by atoms with Crippen LogP contribution >= 0.6 is 0 Å². The molecular weight excluding hydrogens is 194 g/mol. The zero-order valence-corrected chi connectivity index (χ0v) is 7.64. The molecule has 0 spiro atoms. The highest BCUT2D eigenvalue weighted by molar-refractivity contribution is 5.57. The summed E-state index contributed by atoms with van der Waals surface area (Å²) in [6.07, 6.45) is 4.80. The van der Waals surface area contributed by atoms with E-state index in [0.29, 0.717) is 16.9 Å². The van der Waals surface area contributed by atoms with Crippen molar-refractivity contribution in [2.24, 2.45) is 0 Å². The van der Waals surface area contributed by atoms with Gasteiger partial charge in [0, 0.05) is 24.7 Å². The zero-order valence-electron chi connectivity index (χ0n) is 7.64. The van der Waals surface area contributed by atoms with Gasteiger partial charge in [-0.25, -0.2) is 9.50 Å². The van der Waals surface area contributed by atoms with Gasteiger partial charge in [0.25, 0.3) is 5.56 Å². The Morgan fingerprint density at radius 2 is 2.27 bits per heavy atom. The first-order valence-corrected chi connectivity index (χ1v) is 4.41. The quantitative estimate of drug-likeness (QED) is 0.598. The van der Waals surface area contributed by atoms with Gasteiger partial charge in [0.1, 0.15) is 0 Å². The minimum atomic E-state index is -0.144. The van der Waals surface area contributed by atoms with E-state index in [1.807, 2.05) is 0 Å². The number of aromatic amines is 2. The van der Waals surface area contributed by atoms with Gasteiger partial charge in [-0.1, -0.05) is 0 Å². The first-order valence-electron chi connectivity index (χ1n) is 4.41. The SMILES string of the molecule is O=c1c(-c2ccn[nH]2)cnc2cc[nH]n12. The highest BCUT2D eigenvalue weighted by Crippen LogP contribution is 2.09. The van der Waals surface area contributed by atoms with E-state index >= 15 is 0 Å². The topological polar surface area (TPSA) is 78.8 Å². The molecule has 2 N–H and O–H groups in total. The third-order valence-corrected chi connectivity index (χ3v) is 2.22. The predicted molar refractivity (Wildman–Crippen MR) is 53.4 cm³/mol.